The monoisotopic (exact) mass is 569 g/mol. The van der Waals surface area contributed by atoms with Gasteiger partial charge in [0.05, 0.1) is 41.9 Å². The number of hydrogen-bond acceptors (Lipinski definition) is 7. The van der Waals surface area contributed by atoms with Crippen LogP contribution in [0.5, 0.6) is 0 Å². The van der Waals surface area contributed by atoms with Crippen molar-refractivity contribution < 1.29 is 9.59 Å². The van der Waals surface area contributed by atoms with Crippen LogP contribution in [-0.2, 0) is 22.6 Å². The summed E-state index contributed by atoms with van der Waals surface area (Å²) in [7, 11) is 1.92. The fraction of sp³-hybridized carbons (Fsp3) is 0.310. The van der Waals surface area contributed by atoms with Crippen LogP contribution in [0.4, 0.5) is 17.3 Å². The number of nitrogens with one attached hydrogen (secondary N) is 1. The lowest BCUT2D eigenvalue weighted by atomic mass is 10.1. The molecule has 2 fully saturated rings. The van der Waals surface area contributed by atoms with Crippen LogP contribution in [-0.4, -0.2) is 54.1 Å². The molecule has 41 heavy (non-hydrogen) atoms. The van der Waals surface area contributed by atoms with Crippen molar-refractivity contribution >= 4 is 51.9 Å². The minimum atomic E-state index is -0.242. The van der Waals surface area contributed by atoms with E-state index in [0.717, 1.165) is 35.5 Å². The Bertz CT molecular complexity index is 1810. The zero-order chi connectivity index (χ0) is 28.1. The first-order valence-corrected chi connectivity index (χ1v) is 14.0. The molecule has 0 radical (unpaired) electrons. The lowest BCUT2D eigenvalue weighted by Crippen LogP contribution is -2.24. The number of carbonyl (C=O) groups excluding carboxylic acids is 2. The van der Waals surface area contributed by atoms with Gasteiger partial charge >= 0.3 is 0 Å². The Morgan fingerprint density at radius 1 is 1.15 bits per heavy atom. The summed E-state index contributed by atoms with van der Waals surface area (Å²) in [5, 5.41) is 3.43. The molecule has 2 amide bonds. The fourth-order valence-electron chi connectivity index (χ4n) is 5.41. The predicted molar refractivity (Wildman–Crippen MR) is 155 cm³/mol. The highest BCUT2D eigenvalue weighted by Gasteiger charge is 2.29. The van der Waals surface area contributed by atoms with Gasteiger partial charge in [-0.05, 0) is 48.9 Å². The van der Waals surface area contributed by atoms with Gasteiger partial charge in [-0.15, -0.1) is 0 Å². The highest BCUT2D eigenvalue weighted by atomic mass is 35.5. The molecule has 0 bridgehead atoms. The highest BCUT2D eigenvalue weighted by Crippen LogP contribution is 2.42. The van der Waals surface area contributed by atoms with Crippen LogP contribution in [0, 0.1) is 0 Å². The molecule has 1 aliphatic heterocycles. The molecule has 12 heteroatoms. The summed E-state index contributed by atoms with van der Waals surface area (Å²) in [5.74, 6) is 1.51. The maximum Gasteiger partial charge on any atom is 0.231 e. The molecule has 0 atom stereocenters. The van der Waals surface area contributed by atoms with Crippen molar-refractivity contribution in [2.45, 2.75) is 44.6 Å². The normalized spacial score (nSPS) is 15.3. The van der Waals surface area contributed by atoms with Gasteiger partial charge in [0.1, 0.15) is 18.0 Å². The molecule has 1 saturated heterocycles. The Balaban J connectivity index is 1.08. The van der Waals surface area contributed by atoms with Crippen molar-refractivity contribution in [3.05, 3.63) is 77.5 Å². The molecule has 2 aliphatic rings. The van der Waals surface area contributed by atoms with Crippen molar-refractivity contribution in [3.8, 4) is 0 Å². The van der Waals surface area contributed by atoms with E-state index in [1.54, 1.807) is 30.7 Å². The van der Waals surface area contributed by atoms with Crippen LogP contribution in [0.2, 0.25) is 5.02 Å². The van der Waals surface area contributed by atoms with Gasteiger partial charge in [0.25, 0.3) is 0 Å². The summed E-state index contributed by atoms with van der Waals surface area (Å²) in [6.07, 6.45) is 12.9. The second-order valence-corrected chi connectivity index (χ2v) is 11.2. The van der Waals surface area contributed by atoms with Crippen molar-refractivity contribution in [2.75, 3.05) is 28.7 Å². The molecule has 11 nitrogen and oxygen atoms in total. The number of rotatable bonds is 8. The average Bonchev–Trinajstić information content (AvgIpc) is 3.42. The van der Waals surface area contributed by atoms with Crippen molar-refractivity contribution in [1.82, 2.24) is 28.7 Å². The van der Waals surface area contributed by atoms with E-state index in [2.05, 4.69) is 36.9 Å². The Morgan fingerprint density at radius 2 is 2.02 bits per heavy atom. The van der Waals surface area contributed by atoms with Gasteiger partial charge in [0.2, 0.25) is 11.8 Å². The molecule has 0 spiro atoms. The minimum absolute atomic E-state index is 0.0813. The number of halogens is 1. The van der Waals surface area contributed by atoms with Gasteiger partial charge in [-0.3, -0.25) is 9.59 Å². The lowest BCUT2D eigenvalue weighted by molar-refractivity contribution is -0.117. The Hall–Kier alpha value is -4.51. The standard InChI is InChI=1S/C29H28ClN9O2/c1-36(14-21-15-38-13-19(18-4-5-18)9-24(29(38)34-21)39-7-2-3-28(39)41)26-12-25(31-16-32-26)35-27(40)11-22-23-10-20(30)6-8-37(23)17-33-22/h6,8-10,12-13,15-18H,2-5,7,11,14H2,1H3,(H,31,32,35,40). The highest BCUT2D eigenvalue weighted by molar-refractivity contribution is 6.30. The molecule has 7 rings (SSSR count). The van der Waals surface area contributed by atoms with Gasteiger partial charge in [0, 0.05) is 49.7 Å². The zero-order valence-electron chi connectivity index (χ0n) is 22.5. The molecule has 0 unspecified atom stereocenters. The summed E-state index contributed by atoms with van der Waals surface area (Å²) in [6, 6.07) is 7.43. The Labute approximate surface area is 240 Å². The molecule has 208 valence electrons. The zero-order valence-corrected chi connectivity index (χ0v) is 23.3. The fourth-order valence-corrected chi connectivity index (χ4v) is 5.57. The predicted octanol–water partition coefficient (Wildman–Crippen LogP) is 4.25. The second-order valence-electron chi connectivity index (χ2n) is 10.7. The van der Waals surface area contributed by atoms with Crippen LogP contribution in [0.3, 0.4) is 0 Å². The van der Waals surface area contributed by atoms with Crippen LogP contribution in [0.25, 0.3) is 11.2 Å². The maximum absolute atomic E-state index is 12.8. The van der Waals surface area contributed by atoms with E-state index in [-0.39, 0.29) is 18.2 Å². The van der Waals surface area contributed by atoms with E-state index in [9.17, 15) is 9.59 Å². The summed E-state index contributed by atoms with van der Waals surface area (Å²) in [4.78, 5) is 47.1. The van der Waals surface area contributed by atoms with Crippen LogP contribution < -0.4 is 15.1 Å². The number of nitrogens with zero attached hydrogens (tertiary/aromatic N) is 8. The van der Waals surface area contributed by atoms with E-state index in [1.807, 2.05) is 27.4 Å². The number of hydrogen-bond donors (Lipinski definition) is 1. The van der Waals surface area contributed by atoms with Crippen LogP contribution >= 0.6 is 11.6 Å². The molecule has 5 aromatic heterocycles. The molecule has 5 aromatic rings. The third kappa shape index (κ3) is 5.08. The number of pyridine rings is 2. The van der Waals surface area contributed by atoms with E-state index >= 15 is 0 Å². The largest absolute Gasteiger partial charge is 0.354 e. The van der Waals surface area contributed by atoms with Gasteiger partial charge in [-0.2, -0.15) is 0 Å². The number of amides is 2. The van der Waals surface area contributed by atoms with Crippen molar-refractivity contribution in [1.29, 1.82) is 0 Å². The summed E-state index contributed by atoms with van der Waals surface area (Å²) in [5.41, 5.74) is 5.20. The average molecular weight is 570 g/mol. The third-order valence-corrected chi connectivity index (χ3v) is 7.87. The smallest absolute Gasteiger partial charge is 0.231 e. The topological polar surface area (TPSA) is 113 Å². The first-order chi connectivity index (χ1) is 19.9. The van der Waals surface area contributed by atoms with Gasteiger partial charge in [-0.25, -0.2) is 19.9 Å². The van der Waals surface area contributed by atoms with Crippen LogP contribution in [0.15, 0.2) is 55.5 Å². The molecular weight excluding hydrogens is 542 g/mol. The van der Waals surface area contributed by atoms with Crippen molar-refractivity contribution in [3.63, 3.8) is 0 Å². The number of carbonyl (C=O) groups is 2. The van der Waals surface area contributed by atoms with Gasteiger partial charge in [-0.1, -0.05) is 11.6 Å². The van der Waals surface area contributed by atoms with Gasteiger partial charge in [0.15, 0.2) is 5.65 Å². The minimum Gasteiger partial charge on any atom is -0.354 e. The van der Waals surface area contributed by atoms with Gasteiger partial charge < -0.3 is 23.9 Å². The third-order valence-electron chi connectivity index (χ3n) is 7.63. The molecule has 1 saturated carbocycles. The summed E-state index contributed by atoms with van der Waals surface area (Å²) >= 11 is 6.12. The Morgan fingerprint density at radius 3 is 2.83 bits per heavy atom. The SMILES string of the molecule is CN(Cc1cn2cc(C3CC3)cc(N3CCCC3=O)c2n1)c1cc(NC(=O)Cc2ncn3ccc(Cl)cc23)ncn1. The van der Waals surface area contributed by atoms with E-state index in [4.69, 9.17) is 16.6 Å². The number of anilines is 3. The number of aromatic nitrogens is 6. The maximum atomic E-state index is 12.8. The molecule has 1 N–H and O–H groups in total. The molecule has 1 aliphatic carbocycles. The summed E-state index contributed by atoms with van der Waals surface area (Å²) in [6.45, 7) is 1.21. The second kappa shape index (κ2) is 10.2. The molecular formula is C29H28ClN9O2. The summed E-state index contributed by atoms with van der Waals surface area (Å²) < 4.78 is 3.88. The van der Waals surface area contributed by atoms with E-state index in [0.29, 0.717) is 41.2 Å². The van der Waals surface area contributed by atoms with E-state index in [1.165, 1.54) is 24.7 Å². The van der Waals surface area contributed by atoms with Crippen molar-refractivity contribution in [2.24, 2.45) is 0 Å². The molecule has 0 aromatic carbocycles. The molecule has 6 heterocycles. The van der Waals surface area contributed by atoms with E-state index < -0.39 is 0 Å². The first-order valence-electron chi connectivity index (χ1n) is 13.7. The number of fused-ring (bicyclic) bond motifs is 2. The Kier molecular flexibility index (Phi) is 6.30. The van der Waals surface area contributed by atoms with Crippen LogP contribution in [0.1, 0.15) is 48.6 Å². The number of imidazole rings is 2. The quantitative estimate of drug-likeness (QED) is 0.297. The first kappa shape index (κ1) is 25.5. The lowest BCUT2D eigenvalue weighted by Gasteiger charge is -2.18.